The Labute approximate surface area is 170 Å². The molecule has 0 spiro atoms. The second-order valence-electron chi connectivity index (χ2n) is 6.80. The van der Waals surface area contributed by atoms with E-state index in [9.17, 15) is 13.2 Å². The Hall–Kier alpha value is -2.09. The van der Waals surface area contributed by atoms with Gasteiger partial charge in [0.2, 0.25) is 10.0 Å². The van der Waals surface area contributed by atoms with Gasteiger partial charge < -0.3 is 9.64 Å². The molecule has 2 aromatic rings. The maximum Gasteiger partial charge on any atom is 0.260 e. The van der Waals surface area contributed by atoms with Crippen LogP contribution in [0.2, 0.25) is 5.02 Å². The average molecular weight is 423 g/mol. The highest BCUT2D eigenvalue weighted by atomic mass is 35.5. The summed E-state index contributed by atoms with van der Waals surface area (Å²) >= 11 is 5.91. The van der Waals surface area contributed by atoms with Crippen molar-refractivity contribution in [1.82, 2.24) is 9.21 Å². The topological polar surface area (TPSA) is 66.9 Å². The van der Waals surface area contributed by atoms with Crippen molar-refractivity contribution in [3.8, 4) is 5.75 Å². The van der Waals surface area contributed by atoms with Crippen LogP contribution in [0, 0.1) is 13.8 Å². The lowest BCUT2D eigenvalue weighted by Gasteiger charge is -2.34. The highest BCUT2D eigenvalue weighted by molar-refractivity contribution is 7.89. The summed E-state index contributed by atoms with van der Waals surface area (Å²) in [6.07, 6.45) is 0. The van der Waals surface area contributed by atoms with Gasteiger partial charge in [-0.25, -0.2) is 8.42 Å². The molecule has 2 aromatic carbocycles. The van der Waals surface area contributed by atoms with E-state index in [1.165, 1.54) is 16.4 Å². The van der Waals surface area contributed by atoms with E-state index in [-0.39, 0.29) is 30.5 Å². The predicted molar refractivity (Wildman–Crippen MR) is 108 cm³/mol. The van der Waals surface area contributed by atoms with Crippen molar-refractivity contribution in [3.63, 3.8) is 0 Å². The third kappa shape index (κ3) is 4.66. The van der Waals surface area contributed by atoms with Crippen LogP contribution in [0.15, 0.2) is 47.4 Å². The van der Waals surface area contributed by atoms with E-state index in [0.29, 0.717) is 23.9 Å². The first-order valence-electron chi connectivity index (χ1n) is 9.01. The monoisotopic (exact) mass is 422 g/mol. The van der Waals surface area contributed by atoms with Crippen molar-refractivity contribution >= 4 is 27.5 Å². The molecule has 0 saturated carbocycles. The molecule has 3 rings (SSSR count). The quantitative estimate of drug-likeness (QED) is 0.743. The van der Waals surface area contributed by atoms with Crippen molar-refractivity contribution in [1.29, 1.82) is 0 Å². The van der Waals surface area contributed by atoms with Crippen molar-refractivity contribution in [2.75, 3.05) is 32.8 Å². The minimum atomic E-state index is -3.62. The molecule has 0 aliphatic carbocycles. The number of carbonyl (C=O) groups is 1. The van der Waals surface area contributed by atoms with E-state index in [0.717, 1.165) is 11.1 Å². The summed E-state index contributed by atoms with van der Waals surface area (Å²) in [6, 6.07) is 12.0. The third-order valence-corrected chi connectivity index (χ3v) is 6.84. The van der Waals surface area contributed by atoms with Crippen molar-refractivity contribution in [2.45, 2.75) is 18.7 Å². The fraction of sp³-hybridized carbons (Fsp3) is 0.350. The average Bonchev–Trinajstić information content (AvgIpc) is 2.67. The summed E-state index contributed by atoms with van der Waals surface area (Å²) in [5.74, 6) is 0.529. The molecule has 0 aromatic heterocycles. The number of hydrogen-bond acceptors (Lipinski definition) is 4. The number of amides is 1. The molecule has 1 heterocycles. The molecule has 1 aliphatic rings. The SMILES string of the molecule is Cc1ccc(OCC(=O)N2CCN(S(=O)(=O)c3cccc(Cl)c3)CC2)c(C)c1. The van der Waals surface area contributed by atoms with Crippen LogP contribution < -0.4 is 4.74 Å². The van der Waals surface area contributed by atoms with Gasteiger partial charge in [-0.1, -0.05) is 35.4 Å². The number of aryl methyl sites for hydroxylation is 2. The summed E-state index contributed by atoms with van der Waals surface area (Å²) in [4.78, 5) is 14.2. The molecule has 1 fully saturated rings. The lowest BCUT2D eigenvalue weighted by atomic mass is 10.1. The zero-order valence-corrected chi connectivity index (χ0v) is 17.5. The molecule has 0 N–H and O–H groups in total. The summed E-state index contributed by atoms with van der Waals surface area (Å²) in [5.41, 5.74) is 2.11. The number of carbonyl (C=O) groups excluding carboxylic acids is 1. The Balaban J connectivity index is 1.56. The number of rotatable bonds is 5. The van der Waals surface area contributed by atoms with Gasteiger partial charge in [0.15, 0.2) is 6.61 Å². The first kappa shape index (κ1) is 20.6. The summed E-state index contributed by atoms with van der Waals surface area (Å²) in [5, 5.41) is 0.374. The molecule has 150 valence electrons. The maximum absolute atomic E-state index is 12.7. The van der Waals surface area contributed by atoms with Crippen LogP contribution in [0.25, 0.3) is 0 Å². The van der Waals surface area contributed by atoms with Crippen LogP contribution in [0.1, 0.15) is 11.1 Å². The van der Waals surface area contributed by atoms with Gasteiger partial charge in [0.05, 0.1) is 4.90 Å². The van der Waals surface area contributed by atoms with E-state index in [1.807, 2.05) is 32.0 Å². The van der Waals surface area contributed by atoms with Gasteiger partial charge in [-0.2, -0.15) is 4.31 Å². The van der Waals surface area contributed by atoms with Crippen molar-refractivity contribution < 1.29 is 17.9 Å². The van der Waals surface area contributed by atoms with E-state index in [2.05, 4.69) is 0 Å². The van der Waals surface area contributed by atoms with E-state index < -0.39 is 10.0 Å². The Morgan fingerprint density at radius 3 is 2.43 bits per heavy atom. The van der Waals surface area contributed by atoms with Crippen LogP contribution in [-0.2, 0) is 14.8 Å². The second-order valence-corrected chi connectivity index (χ2v) is 9.17. The standard InChI is InChI=1S/C20H23ClN2O4S/c1-15-6-7-19(16(2)12-15)27-14-20(24)22-8-10-23(11-9-22)28(25,26)18-5-3-4-17(21)13-18/h3-7,12-13H,8-11,14H2,1-2H3. The Morgan fingerprint density at radius 1 is 1.07 bits per heavy atom. The fourth-order valence-electron chi connectivity index (χ4n) is 3.15. The molecule has 1 amide bonds. The van der Waals surface area contributed by atoms with Gasteiger partial charge in [-0.3, -0.25) is 4.79 Å². The number of sulfonamides is 1. The molecule has 0 radical (unpaired) electrons. The predicted octanol–water partition coefficient (Wildman–Crippen LogP) is 2.87. The molecule has 0 atom stereocenters. The van der Waals surface area contributed by atoms with Crippen LogP contribution >= 0.6 is 11.6 Å². The minimum Gasteiger partial charge on any atom is -0.484 e. The molecule has 1 aliphatic heterocycles. The number of halogens is 1. The van der Waals surface area contributed by atoms with Gasteiger partial charge in [0, 0.05) is 31.2 Å². The van der Waals surface area contributed by atoms with E-state index >= 15 is 0 Å². The summed E-state index contributed by atoms with van der Waals surface area (Å²) in [6.45, 7) is 5.01. The molecule has 0 bridgehead atoms. The Morgan fingerprint density at radius 2 is 1.79 bits per heavy atom. The zero-order valence-electron chi connectivity index (χ0n) is 15.9. The van der Waals surface area contributed by atoms with Gasteiger partial charge in [-0.05, 0) is 43.7 Å². The summed E-state index contributed by atoms with van der Waals surface area (Å²) in [7, 11) is -3.62. The maximum atomic E-state index is 12.7. The highest BCUT2D eigenvalue weighted by Crippen LogP contribution is 2.21. The van der Waals surface area contributed by atoms with Crippen molar-refractivity contribution in [2.24, 2.45) is 0 Å². The van der Waals surface area contributed by atoms with Crippen LogP contribution in [0.5, 0.6) is 5.75 Å². The van der Waals surface area contributed by atoms with E-state index in [4.69, 9.17) is 16.3 Å². The third-order valence-electron chi connectivity index (χ3n) is 4.71. The second kappa shape index (κ2) is 8.51. The number of hydrogen-bond donors (Lipinski definition) is 0. The van der Waals surface area contributed by atoms with Crippen LogP contribution in [-0.4, -0.2) is 56.3 Å². The molecule has 0 unspecified atom stereocenters. The molecule has 6 nitrogen and oxygen atoms in total. The number of ether oxygens (including phenoxy) is 1. The smallest absolute Gasteiger partial charge is 0.260 e. The minimum absolute atomic E-state index is 0.0645. The van der Waals surface area contributed by atoms with Crippen LogP contribution in [0.4, 0.5) is 0 Å². The largest absolute Gasteiger partial charge is 0.484 e. The van der Waals surface area contributed by atoms with Gasteiger partial charge in [0.25, 0.3) is 5.91 Å². The number of nitrogens with zero attached hydrogens (tertiary/aromatic N) is 2. The van der Waals surface area contributed by atoms with Crippen LogP contribution in [0.3, 0.4) is 0 Å². The molecule has 28 heavy (non-hydrogen) atoms. The highest BCUT2D eigenvalue weighted by Gasteiger charge is 2.30. The molecule has 8 heteroatoms. The molecular weight excluding hydrogens is 400 g/mol. The lowest BCUT2D eigenvalue weighted by Crippen LogP contribution is -2.51. The Bertz CT molecular complexity index is 970. The molecular formula is C20H23ClN2O4S. The van der Waals surface area contributed by atoms with Gasteiger partial charge in [0.1, 0.15) is 5.75 Å². The first-order chi connectivity index (χ1) is 13.3. The first-order valence-corrected chi connectivity index (χ1v) is 10.8. The summed E-state index contributed by atoms with van der Waals surface area (Å²) < 4.78 is 32.5. The van der Waals surface area contributed by atoms with Gasteiger partial charge >= 0.3 is 0 Å². The van der Waals surface area contributed by atoms with E-state index in [1.54, 1.807) is 17.0 Å². The van der Waals surface area contributed by atoms with Gasteiger partial charge in [-0.15, -0.1) is 0 Å². The molecule has 1 saturated heterocycles. The fourth-order valence-corrected chi connectivity index (χ4v) is 4.87. The normalized spacial score (nSPS) is 15.5. The number of piperazine rings is 1. The number of benzene rings is 2. The lowest BCUT2D eigenvalue weighted by molar-refractivity contribution is -0.134. The van der Waals surface area contributed by atoms with Crippen molar-refractivity contribution in [3.05, 3.63) is 58.6 Å². The zero-order chi connectivity index (χ0) is 20.3. The Kier molecular flexibility index (Phi) is 6.27.